The molecular formula is C11H14N2O3. The fourth-order valence-electron chi connectivity index (χ4n) is 1.16. The number of methoxy groups -OCH3 is 1. The van der Waals surface area contributed by atoms with E-state index in [9.17, 15) is 9.59 Å². The van der Waals surface area contributed by atoms with Gasteiger partial charge in [0.2, 0.25) is 0 Å². The largest absolute Gasteiger partial charge is 0.497 e. The second-order valence-corrected chi connectivity index (χ2v) is 3.11. The smallest absolute Gasteiger partial charge is 0.309 e. The number of hydrogen-bond acceptors (Lipinski definition) is 3. The molecule has 0 saturated heterocycles. The van der Waals surface area contributed by atoms with Gasteiger partial charge in [0, 0.05) is 13.6 Å². The predicted octanol–water partition coefficient (Wildman–Crippen LogP) is 0.0574. The first kappa shape index (κ1) is 12.0. The summed E-state index contributed by atoms with van der Waals surface area (Å²) >= 11 is 0. The number of rotatable bonds is 3. The highest BCUT2D eigenvalue weighted by Crippen LogP contribution is 2.11. The van der Waals surface area contributed by atoms with E-state index in [0.717, 1.165) is 5.56 Å². The first-order valence-corrected chi connectivity index (χ1v) is 4.80. The molecule has 2 amide bonds. The molecule has 0 aromatic heterocycles. The molecule has 0 heterocycles. The molecule has 1 rings (SSSR count). The summed E-state index contributed by atoms with van der Waals surface area (Å²) in [5, 5.41) is 4.74. The SMILES string of the molecule is CNC(=O)C(=O)NCc1cccc(OC)c1. The zero-order chi connectivity index (χ0) is 12.0. The van der Waals surface area contributed by atoms with Crippen LogP contribution in [0.3, 0.4) is 0 Å². The Hall–Kier alpha value is -2.04. The van der Waals surface area contributed by atoms with Crippen LogP contribution >= 0.6 is 0 Å². The van der Waals surface area contributed by atoms with E-state index in [1.54, 1.807) is 13.2 Å². The highest BCUT2D eigenvalue weighted by Gasteiger charge is 2.09. The predicted molar refractivity (Wildman–Crippen MR) is 58.9 cm³/mol. The number of nitrogens with one attached hydrogen (secondary N) is 2. The molecule has 0 spiro atoms. The average Bonchev–Trinajstić information content (AvgIpc) is 2.35. The van der Waals surface area contributed by atoms with Crippen LogP contribution in [0.2, 0.25) is 0 Å². The quantitative estimate of drug-likeness (QED) is 0.710. The van der Waals surface area contributed by atoms with E-state index >= 15 is 0 Å². The number of carbonyl (C=O) groups excluding carboxylic acids is 2. The molecule has 5 heteroatoms. The third kappa shape index (κ3) is 3.27. The summed E-state index contributed by atoms with van der Waals surface area (Å²) in [6.45, 7) is 0.295. The lowest BCUT2D eigenvalue weighted by Crippen LogP contribution is -2.37. The zero-order valence-corrected chi connectivity index (χ0v) is 9.24. The van der Waals surface area contributed by atoms with Crippen molar-refractivity contribution in [3.63, 3.8) is 0 Å². The molecule has 0 aliphatic carbocycles. The van der Waals surface area contributed by atoms with E-state index < -0.39 is 11.8 Å². The molecule has 0 atom stereocenters. The maximum absolute atomic E-state index is 11.1. The standard InChI is InChI=1S/C11H14N2O3/c1-12-10(14)11(15)13-7-8-4-3-5-9(6-8)16-2/h3-6H,7H2,1-2H3,(H,12,14)(H,13,15). The van der Waals surface area contributed by atoms with Crippen molar-refractivity contribution < 1.29 is 14.3 Å². The van der Waals surface area contributed by atoms with Crippen molar-refractivity contribution in [1.29, 1.82) is 0 Å². The van der Waals surface area contributed by atoms with E-state index in [-0.39, 0.29) is 0 Å². The second-order valence-electron chi connectivity index (χ2n) is 3.11. The number of benzene rings is 1. The van der Waals surface area contributed by atoms with Gasteiger partial charge in [-0.25, -0.2) is 0 Å². The van der Waals surface area contributed by atoms with Crippen LogP contribution in [0, 0.1) is 0 Å². The van der Waals surface area contributed by atoms with Gasteiger partial charge < -0.3 is 15.4 Å². The van der Waals surface area contributed by atoms with Gasteiger partial charge in [-0.3, -0.25) is 9.59 Å². The van der Waals surface area contributed by atoms with E-state index in [0.29, 0.717) is 12.3 Å². The van der Waals surface area contributed by atoms with Gasteiger partial charge in [-0.1, -0.05) is 12.1 Å². The summed E-state index contributed by atoms with van der Waals surface area (Å²) in [4.78, 5) is 22.1. The summed E-state index contributed by atoms with van der Waals surface area (Å²) in [7, 11) is 2.98. The highest BCUT2D eigenvalue weighted by atomic mass is 16.5. The number of likely N-dealkylation sites (N-methyl/N-ethyl adjacent to an activating group) is 1. The highest BCUT2D eigenvalue weighted by molar-refractivity contribution is 6.34. The lowest BCUT2D eigenvalue weighted by atomic mass is 10.2. The lowest BCUT2D eigenvalue weighted by molar-refractivity contribution is -0.139. The van der Waals surface area contributed by atoms with Crippen LogP contribution in [0.15, 0.2) is 24.3 Å². The number of carbonyl (C=O) groups is 2. The second kappa shape index (κ2) is 5.75. The van der Waals surface area contributed by atoms with Gasteiger partial charge >= 0.3 is 11.8 Å². The normalized spacial score (nSPS) is 9.38. The van der Waals surface area contributed by atoms with Gasteiger partial charge in [0.25, 0.3) is 0 Å². The maximum atomic E-state index is 11.1. The molecule has 1 aromatic rings. The molecule has 5 nitrogen and oxygen atoms in total. The molecule has 0 aliphatic rings. The summed E-state index contributed by atoms with van der Waals surface area (Å²) in [6.07, 6.45) is 0. The minimum atomic E-state index is -0.650. The van der Waals surface area contributed by atoms with Crippen LogP contribution in [0.25, 0.3) is 0 Å². The summed E-state index contributed by atoms with van der Waals surface area (Å²) < 4.78 is 5.04. The minimum absolute atomic E-state index is 0.295. The van der Waals surface area contributed by atoms with E-state index in [2.05, 4.69) is 10.6 Å². The van der Waals surface area contributed by atoms with Crippen molar-refractivity contribution in [1.82, 2.24) is 10.6 Å². The topological polar surface area (TPSA) is 67.4 Å². The monoisotopic (exact) mass is 222 g/mol. The Kier molecular flexibility index (Phi) is 4.32. The number of ether oxygens (including phenoxy) is 1. The Morgan fingerprint density at radius 1 is 1.31 bits per heavy atom. The summed E-state index contributed by atoms with van der Waals surface area (Å²) in [5.41, 5.74) is 0.872. The van der Waals surface area contributed by atoms with Crippen LogP contribution in [-0.2, 0) is 16.1 Å². The Bertz CT molecular complexity index is 391. The molecule has 86 valence electrons. The molecule has 0 bridgehead atoms. The average molecular weight is 222 g/mol. The van der Waals surface area contributed by atoms with E-state index in [4.69, 9.17) is 4.74 Å². The Morgan fingerprint density at radius 3 is 2.69 bits per heavy atom. The molecule has 0 radical (unpaired) electrons. The van der Waals surface area contributed by atoms with Gasteiger partial charge in [0.1, 0.15) is 5.75 Å². The molecule has 0 fully saturated rings. The van der Waals surface area contributed by atoms with Gasteiger partial charge in [-0.15, -0.1) is 0 Å². The Balaban J connectivity index is 2.54. The van der Waals surface area contributed by atoms with Crippen molar-refractivity contribution in [3.8, 4) is 5.75 Å². The molecular weight excluding hydrogens is 208 g/mol. The minimum Gasteiger partial charge on any atom is -0.497 e. The molecule has 16 heavy (non-hydrogen) atoms. The van der Waals surface area contributed by atoms with E-state index in [1.165, 1.54) is 7.05 Å². The lowest BCUT2D eigenvalue weighted by Gasteiger charge is -2.05. The fraction of sp³-hybridized carbons (Fsp3) is 0.273. The summed E-state index contributed by atoms with van der Waals surface area (Å²) in [5.74, 6) is -0.583. The Morgan fingerprint density at radius 2 is 2.06 bits per heavy atom. The molecule has 2 N–H and O–H groups in total. The van der Waals surface area contributed by atoms with Gasteiger partial charge in [0.15, 0.2) is 0 Å². The van der Waals surface area contributed by atoms with Gasteiger partial charge in [-0.05, 0) is 17.7 Å². The van der Waals surface area contributed by atoms with Crippen molar-refractivity contribution in [3.05, 3.63) is 29.8 Å². The van der Waals surface area contributed by atoms with Crippen LogP contribution in [0.5, 0.6) is 5.75 Å². The van der Waals surface area contributed by atoms with Gasteiger partial charge in [-0.2, -0.15) is 0 Å². The van der Waals surface area contributed by atoms with Crippen molar-refractivity contribution in [2.75, 3.05) is 14.2 Å². The Labute approximate surface area is 93.8 Å². The van der Waals surface area contributed by atoms with Crippen LogP contribution in [0.4, 0.5) is 0 Å². The number of hydrogen-bond donors (Lipinski definition) is 2. The third-order valence-electron chi connectivity index (χ3n) is 2.02. The van der Waals surface area contributed by atoms with Crippen LogP contribution < -0.4 is 15.4 Å². The van der Waals surface area contributed by atoms with Gasteiger partial charge in [0.05, 0.1) is 7.11 Å². The first-order chi connectivity index (χ1) is 7.67. The fourth-order valence-corrected chi connectivity index (χ4v) is 1.16. The molecule has 0 unspecified atom stereocenters. The van der Waals surface area contributed by atoms with Crippen molar-refractivity contribution in [2.45, 2.75) is 6.54 Å². The van der Waals surface area contributed by atoms with Crippen molar-refractivity contribution >= 4 is 11.8 Å². The zero-order valence-electron chi connectivity index (χ0n) is 9.24. The third-order valence-corrected chi connectivity index (χ3v) is 2.02. The first-order valence-electron chi connectivity index (χ1n) is 4.80. The van der Waals surface area contributed by atoms with Crippen LogP contribution in [-0.4, -0.2) is 26.0 Å². The summed E-state index contributed by atoms with van der Waals surface area (Å²) in [6, 6.07) is 7.26. The molecule has 0 saturated carbocycles. The van der Waals surface area contributed by atoms with Crippen molar-refractivity contribution in [2.24, 2.45) is 0 Å². The molecule has 0 aliphatic heterocycles. The maximum Gasteiger partial charge on any atom is 0.309 e. The molecule has 1 aromatic carbocycles. The van der Waals surface area contributed by atoms with Crippen LogP contribution in [0.1, 0.15) is 5.56 Å². The van der Waals surface area contributed by atoms with E-state index in [1.807, 2.05) is 18.2 Å². The number of amides is 2.